The number of benzene rings is 1. The normalized spacial score (nSPS) is 57.3. The van der Waals surface area contributed by atoms with Crippen LogP contribution in [0.2, 0.25) is 0 Å². The van der Waals surface area contributed by atoms with E-state index in [9.17, 15) is 10.2 Å². The van der Waals surface area contributed by atoms with Crippen LogP contribution < -0.4 is 0 Å². The van der Waals surface area contributed by atoms with E-state index in [1.165, 1.54) is 176 Å². The molecule has 1 aromatic carbocycles. The van der Waals surface area contributed by atoms with Crippen molar-refractivity contribution < 1.29 is 10.2 Å². The Kier molecular flexibility index (Phi) is 5.36. The fourth-order valence-electron chi connectivity index (χ4n) is 20.5. The Morgan fingerprint density at radius 1 is 0.250 bits per heavy atom. The first kappa shape index (κ1) is 28.4. The van der Waals surface area contributed by atoms with Gasteiger partial charge in [0.2, 0.25) is 0 Å². The number of aromatic hydroxyl groups is 2. The van der Waals surface area contributed by atoms with E-state index in [4.69, 9.17) is 0 Å². The predicted molar refractivity (Wildman–Crippen MR) is 189 cm³/mol. The summed E-state index contributed by atoms with van der Waals surface area (Å²) in [6.45, 7) is 0. The summed E-state index contributed by atoms with van der Waals surface area (Å²) in [7, 11) is 0. The number of hydrogen-bond acceptors (Lipinski definition) is 2. The van der Waals surface area contributed by atoms with Crippen LogP contribution in [0.1, 0.15) is 176 Å². The van der Waals surface area contributed by atoms with E-state index in [0.717, 1.165) is 82.5 Å². The lowest BCUT2D eigenvalue weighted by atomic mass is 9.41. The van der Waals surface area contributed by atoms with E-state index in [2.05, 4.69) is 0 Å². The van der Waals surface area contributed by atoms with Crippen molar-refractivity contribution in [2.75, 3.05) is 0 Å². The minimum Gasteiger partial charge on any atom is -0.507 e. The van der Waals surface area contributed by atoms with E-state index >= 15 is 0 Å². The maximum atomic E-state index is 13.9. The molecule has 16 aliphatic carbocycles. The fraction of sp³-hybridized carbons (Fsp3) is 0.870. The lowest BCUT2D eigenvalue weighted by Crippen LogP contribution is -2.55. The maximum absolute atomic E-state index is 13.9. The molecule has 17 rings (SSSR count). The zero-order chi connectivity index (χ0) is 31.4. The minimum atomic E-state index is 0.117. The first-order valence-electron chi connectivity index (χ1n) is 21.9. The molecule has 2 heteroatoms. The highest BCUT2D eigenvalue weighted by Gasteiger charge is 2.63. The smallest absolute Gasteiger partial charge is 0.123 e. The number of phenolic OH excluding ortho intramolecular Hbond substituents is 2. The Labute approximate surface area is 290 Å². The maximum Gasteiger partial charge on any atom is 0.123 e. The quantitative estimate of drug-likeness (QED) is 0.320. The third-order valence-corrected chi connectivity index (χ3v) is 19.7. The van der Waals surface area contributed by atoms with E-state index in [1.807, 2.05) is 0 Å². The first-order valence-corrected chi connectivity index (χ1v) is 21.9. The summed E-state index contributed by atoms with van der Waals surface area (Å²) in [5.74, 6) is 11.9. The Morgan fingerprint density at radius 2 is 0.375 bits per heavy atom. The summed E-state index contributed by atoms with van der Waals surface area (Å²) in [5, 5.41) is 27.8. The Morgan fingerprint density at radius 3 is 0.500 bits per heavy atom. The van der Waals surface area contributed by atoms with Crippen LogP contribution >= 0.6 is 0 Å². The van der Waals surface area contributed by atoms with Crippen molar-refractivity contribution in [2.24, 2.45) is 71.0 Å². The average molecular weight is 647 g/mol. The highest BCUT2D eigenvalue weighted by atomic mass is 16.3. The Balaban J connectivity index is 1.12. The average Bonchev–Trinajstić information content (AvgIpc) is 2.98. The van der Waals surface area contributed by atoms with Crippen LogP contribution in [-0.2, 0) is 21.7 Å². The molecule has 0 unspecified atom stereocenters. The minimum absolute atomic E-state index is 0.117. The molecule has 0 radical (unpaired) electrons. The molecule has 0 amide bonds. The third-order valence-electron chi connectivity index (χ3n) is 19.7. The second-order valence-corrected chi connectivity index (χ2v) is 23.0. The van der Waals surface area contributed by atoms with Gasteiger partial charge in [-0.1, -0.05) is 0 Å². The molecule has 0 spiro atoms. The molecule has 0 saturated heterocycles. The lowest BCUT2D eigenvalue weighted by Gasteiger charge is -2.63. The van der Waals surface area contributed by atoms with Crippen molar-refractivity contribution >= 4 is 0 Å². The van der Waals surface area contributed by atoms with Gasteiger partial charge < -0.3 is 10.2 Å². The molecule has 2 N–H and O–H groups in total. The lowest BCUT2D eigenvalue weighted by molar-refractivity contribution is -0.0256. The van der Waals surface area contributed by atoms with Crippen molar-refractivity contribution in [1.29, 1.82) is 0 Å². The molecule has 16 saturated carbocycles. The van der Waals surface area contributed by atoms with Crippen molar-refractivity contribution in [1.82, 2.24) is 0 Å². The highest BCUT2D eigenvalue weighted by Crippen LogP contribution is 2.74. The van der Waals surface area contributed by atoms with Gasteiger partial charge in [-0.3, -0.25) is 0 Å². The largest absolute Gasteiger partial charge is 0.507 e. The second-order valence-electron chi connectivity index (χ2n) is 23.0. The summed E-state index contributed by atoms with van der Waals surface area (Å²) in [5.41, 5.74) is 6.19. The van der Waals surface area contributed by atoms with Crippen LogP contribution in [0.25, 0.3) is 0 Å². The zero-order valence-corrected chi connectivity index (χ0v) is 29.8. The molecule has 0 aromatic heterocycles. The van der Waals surface area contributed by atoms with Crippen LogP contribution in [0.3, 0.4) is 0 Å². The molecule has 258 valence electrons. The molecular formula is C46H62O2. The van der Waals surface area contributed by atoms with Crippen LogP contribution in [-0.4, -0.2) is 10.2 Å². The molecule has 2 nitrogen and oxygen atoms in total. The molecule has 48 heavy (non-hydrogen) atoms. The van der Waals surface area contributed by atoms with E-state index in [0.29, 0.717) is 0 Å². The van der Waals surface area contributed by atoms with Gasteiger partial charge in [0.05, 0.1) is 0 Å². The van der Waals surface area contributed by atoms with Gasteiger partial charge in [-0.05, 0) is 225 Å². The number of rotatable bonds is 4. The van der Waals surface area contributed by atoms with Crippen LogP contribution in [0, 0.1) is 71.0 Å². The van der Waals surface area contributed by atoms with E-state index in [-0.39, 0.29) is 21.7 Å². The predicted octanol–water partition coefficient (Wildman–Crippen LogP) is 11.0. The highest BCUT2D eigenvalue weighted by molar-refractivity contribution is 5.68. The summed E-state index contributed by atoms with van der Waals surface area (Å²) >= 11 is 0. The second kappa shape index (κ2) is 9.06. The van der Waals surface area contributed by atoms with Gasteiger partial charge in [-0.15, -0.1) is 0 Å². The topological polar surface area (TPSA) is 40.5 Å². The van der Waals surface area contributed by atoms with E-state index < -0.39 is 0 Å². The summed E-state index contributed by atoms with van der Waals surface area (Å²) in [6, 6.07) is 0. The fourth-order valence-corrected chi connectivity index (χ4v) is 20.5. The van der Waals surface area contributed by atoms with Crippen LogP contribution in [0.4, 0.5) is 0 Å². The SMILES string of the molecule is Oc1c(C23CC4CC(CC(C4)C2)C3)c(C23CC4CC(CC(C4)C2)C3)c(O)c(C23CC4CC(CC(C4)C2)C3)c1C12CC3CC(CC(C3)C1)C2. The van der Waals surface area contributed by atoms with Gasteiger partial charge in [-0.2, -0.15) is 0 Å². The van der Waals surface area contributed by atoms with Crippen LogP contribution in [0.15, 0.2) is 0 Å². The Hall–Kier alpha value is -1.18. The molecule has 0 atom stereocenters. The molecular weight excluding hydrogens is 585 g/mol. The van der Waals surface area contributed by atoms with Gasteiger partial charge in [0.25, 0.3) is 0 Å². The third kappa shape index (κ3) is 3.59. The van der Waals surface area contributed by atoms with Crippen molar-refractivity contribution in [3.05, 3.63) is 22.3 Å². The standard InChI is InChI=1S/C46H62O2/c47-41-37(43-13-25-1-26(14-43)3-27(2-25)15-43)38(44-16-28-4-29(17-44)6-30(5-28)18-44)42(48)40(46-22-34-10-35(23-46)12-36(11-34)24-46)39(41)45-19-31-7-32(20-45)9-33(8-31)21-45/h25-36,47-48H,1-24H2. The monoisotopic (exact) mass is 646 g/mol. The molecule has 0 aliphatic heterocycles. The molecule has 0 heterocycles. The molecule has 16 aliphatic rings. The summed E-state index contributed by atoms with van der Waals surface area (Å²) in [6.07, 6.45) is 33.1. The van der Waals surface area contributed by atoms with E-state index in [1.54, 1.807) is 0 Å². The van der Waals surface area contributed by atoms with Gasteiger partial charge in [0, 0.05) is 43.9 Å². The summed E-state index contributed by atoms with van der Waals surface area (Å²) < 4.78 is 0. The van der Waals surface area contributed by atoms with Crippen molar-refractivity contribution in [3.63, 3.8) is 0 Å². The zero-order valence-electron chi connectivity index (χ0n) is 29.8. The van der Waals surface area contributed by atoms with Crippen molar-refractivity contribution in [2.45, 2.75) is 176 Å². The molecule has 16 bridgehead atoms. The van der Waals surface area contributed by atoms with Gasteiger partial charge in [0.1, 0.15) is 11.5 Å². The van der Waals surface area contributed by atoms with Crippen molar-refractivity contribution in [3.8, 4) is 11.5 Å². The van der Waals surface area contributed by atoms with Crippen LogP contribution in [0.5, 0.6) is 11.5 Å². The number of hydrogen-bond donors (Lipinski definition) is 2. The summed E-state index contributed by atoms with van der Waals surface area (Å²) in [4.78, 5) is 0. The molecule has 1 aromatic rings. The first-order chi connectivity index (χ1) is 23.2. The Bertz CT molecular complexity index is 1220. The van der Waals surface area contributed by atoms with Gasteiger partial charge >= 0.3 is 0 Å². The van der Waals surface area contributed by atoms with Gasteiger partial charge in [0.15, 0.2) is 0 Å². The number of phenols is 2. The van der Waals surface area contributed by atoms with Gasteiger partial charge in [-0.25, -0.2) is 0 Å². The molecule has 16 fully saturated rings.